The van der Waals surface area contributed by atoms with Crippen LogP contribution in [-0.4, -0.2) is 37.2 Å². The molecule has 4 rings (SSSR count). The Morgan fingerprint density at radius 1 is 1.04 bits per heavy atom. The van der Waals surface area contributed by atoms with Gasteiger partial charge in [-0.2, -0.15) is 0 Å². The minimum atomic E-state index is -0.0119. The molecule has 4 heteroatoms. The summed E-state index contributed by atoms with van der Waals surface area (Å²) in [6.45, 7) is 3.22. The van der Waals surface area contributed by atoms with Crippen LogP contribution in [0.25, 0.3) is 11.1 Å². The van der Waals surface area contributed by atoms with Crippen LogP contribution in [0.1, 0.15) is 12.8 Å². The van der Waals surface area contributed by atoms with E-state index < -0.39 is 0 Å². The second-order valence-electron chi connectivity index (χ2n) is 6.82. The first-order valence-corrected chi connectivity index (χ1v) is 8.54. The minimum absolute atomic E-state index is 0.0119. The summed E-state index contributed by atoms with van der Waals surface area (Å²) in [5.74, 6) is 0. The highest BCUT2D eigenvalue weighted by Crippen LogP contribution is 2.38. The van der Waals surface area contributed by atoms with E-state index in [-0.39, 0.29) is 11.4 Å². The zero-order valence-corrected chi connectivity index (χ0v) is 13.7. The summed E-state index contributed by atoms with van der Waals surface area (Å²) in [6.07, 6.45) is 2.11. The third-order valence-corrected chi connectivity index (χ3v) is 5.16. The van der Waals surface area contributed by atoms with Gasteiger partial charge in [-0.05, 0) is 24.5 Å². The first-order valence-electron chi connectivity index (χ1n) is 8.54. The summed E-state index contributed by atoms with van der Waals surface area (Å²) in [5.41, 5.74) is 3.20. The molecule has 1 N–H and O–H groups in total. The van der Waals surface area contributed by atoms with Gasteiger partial charge >= 0.3 is 6.03 Å². The number of carbonyl (C=O) groups excluding carboxylic acids is 1. The molecule has 4 nitrogen and oxygen atoms in total. The van der Waals surface area contributed by atoms with Crippen molar-refractivity contribution in [3.8, 4) is 11.1 Å². The largest absolute Gasteiger partial charge is 0.381 e. The van der Waals surface area contributed by atoms with Crippen molar-refractivity contribution in [2.45, 2.75) is 12.8 Å². The number of benzene rings is 2. The lowest BCUT2D eigenvalue weighted by Gasteiger charge is -2.22. The fourth-order valence-corrected chi connectivity index (χ4v) is 3.74. The molecule has 2 saturated heterocycles. The number of amides is 2. The molecular formula is C20H22N2O2. The number of likely N-dealkylation sites (tertiary alicyclic amines) is 1. The van der Waals surface area contributed by atoms with Gasteiger partial charge in [0.2, 0.25) is 0 Å². The lowest BCUT2D eigenvalue weighted by Crippen LogP contribution is -2.35. The molecule has 2 amide bonds. The molecule has 2 heterocycles. The number of hydrogen-bond acceptors (Lipinski definition) is 2. The van der Waals surface area contributed by atoms with Crippen LogP contribution in [0, 0.1) is 5.41 Å². The number of hydrogen-bond donors (Lipinski definition) is 1. The molecule has 1 atom stereocenters. The lowest BCUT2D eigenvalue weighted by molar-refractivity contribution is 0.154. The lowest BCUT2D eigenvalue weighted by atomic mass is 9.87. The molecule has 124 valence electrons. The van der Waals surface area contributed by atoms with E-state index in [1.807, 2.05) is 47.4 Å². The van der Waals surface area contributed by atoms with Crippen LogP contribution in [0.5, 0.6) is 0 Å². The normalized spacial score (nSPS) is 22.9. The van der Waals surface area contributed by atoms with Crippen LogP contribution >= 0.6 is 0 Å². The number of para-hydroxylation sites is 1. The van der Waals surface area contributed by atoms with Gasteiger partial charge in [-0.25, -0.2) is 4.79 Å². The fraction of sp³-hybridized carbons (Fsp3) is 0.350. The van der Waals surface area contributed by atoms with Crippen molar-refractivity contribution < 1.29 is 9.53 Å². The van der Waals surface area contributed by atoms with E-state index in [1.54, 1.807) is 0 Å². The Morgan fingerprint density at radius 2 is 1.83 bits per heavy atom. The Balaban J connectivity index is 1.51. The third kappa shape index (κ3) is 2.89. The zero-order valence-electron chi connectivity index (χ0n) is 13.7. The van der Waals surface area contributed by atoms with E-state index in [1.165, 1.54) is 0 Å². The average Bonchev–Trinajstić information content (AvgIpc) is 3.26. The highest BCUT2D eigenvalue weighted by atomic mass is 16.5. The van der Waals surface area contributed by atoms with Gasteiger partial charge in [-0.15, -0.1) is 0 Å². The molecule has 2 aromatic rings. The highest BCUT2D eigenvalue weighted by molar-refractivity contribution is 5.94. The summed E-state index contributed by atoms with van der Waals surface area (Å²) >= 11 is 0. The van der Waals surface area contributed by atoms with Gasteiger partial charge in [-0.1, -0.05) is 48.5 Å². The van der Waals surface area contributed by atoms with E-state index in [4.69, 9.17) is 4.74 Å². The topological polar surface area (TPSA) is 41.6 Å². The number of urea groups is 1. The van der Waals surface area contributed by atoms with Crippen molar-refractivity contribution in [3.05, 3.63) is 54.6 Å². The molecule has 24 heavy (non-hydrogen) atoms. The number of rotatable bonds is 2. The molecule has 2 aliphatic heterocycles. The smallest absolute Gasteiger partial charge is 0.321 e. The Labute approximate surface area is 142 Å². The van der Waals surface area contributed by atoms with Crippen LogP contribution in [0.4, 0.5) is 10.5 Å². The SMILES string of the molecule is O=C(Nc1ccccc1-c1ccccc1)N1CC[C@]2(CCOC2)C1. The zero-order chi connectivity index (χ0) is 16.4. The van der Waals surface area contributed by atoms with Crippen molar-refractivity contribution in [2.24, 2.45) is 5.41 Å². The number of carbonyl (C=O) groups is 1. The molecule has 2 fully saturated rings. The molecule has 1 spiro atoms. The van der Waals surface area contributed by atoms with E-state index in [2.05, 4.69) is 17.4 Å². The summed E-state index contributed by atoms with van der Waals surface area (Å²) in [7, 11) is 0. The molecule has 2 aromatic carbocycles. The quantitative estimate of drug-likeness (QED) is 0.908. The molecule has 0 saturated carbocycles. The van der Waals surface area contributed by atoms with E-state index >= 15 is 0 Å². The summed E-state index contributed by atoms with van der Waals surface area (Å²) in [5, 5.41) is 3.10. The predicted octanol–water partition coefficient (Wildman–Crippen LogP) is 4.00. The highest BCUT2D eigenvalue weighted by Gasteiger charge is 2.42. The maximum atomic E-state index is 12.7. The van der Waals surface area contributed by atoms with Crippen LogP contribution in [0.2, 0.25) is 0 Å². The Bertz CT molecular complexity index is 723. The van der Waals surface area contributed by atoms with Crippen LogP contribution in [0.3, 0.4) is 0 Å². The number of nitrogens with zero attached hydrogens (tertiary/aromatic N) is 1. The molecule has 0 radical (unpaired) electrons. The van der Waals surface area contributed by atoms with Gasteiger partial charge in [0.25, 0.3) is 0 Å². The van der Waals surface area contributed by atoms with Crippen molar-refractivity contribution in [1.82, 2.24) is 4.90 Å². The predicted molar refractivity (Wildman–Crippen MR) is 95.0 cm³/mol. The molecule has 0 aromatic heterocycles. The van der Waals surface area contributed by atoms with Crippen molar-refractivity contribution in [2.75, 3.05) is 31.6 Å². The van der Waals surface area contributed by atoms with Gasteiger partial charge in [0.15, 0.2) is 0 Å². The average molecular weight is 322 g/mol. The van der Waals surface area contributed by atoms with Crippen LogP contribution < -0.4 is 5.32 Å². The first kappa shape index (κ1) is 15.2. The molecule has 2 aliphatic rings. The molecule has 0 bridgehead atoms. The van der Waals surface area contributed by atoms with E-state index in [9.17, 15) is 4.79 Å². The van der Waals surface area contributed by atoms with E-state index in [0.717, 1.165) is 56.0 Å². The Morgan fingerprint density at radius 3 is 2.62 bits per heavy atom. The minimum Gasteiger partial charge on any atom is -0.381 e. The maximum absolute atomic E-state index is 12.7. The first-order chi connectivity index (χ1) is 11.8. The Kier molecular flexibility index (Phi) is 3.98. The molecule has 0 unspecified atom stereocenters. The molecular weight excluding hydrogens is 300 g/mol. The summed E-state index contributed by atoms with van der Waals surface area (Å²) in [6, 6.07) is 18.1. The van der Waals surface area contributed by atoms with E-state index in [0.29, 0.717) is 0 Å². The van der Waals surface area contributed by atoms with Gasteiger partial charge in [0, 0.05) is 30.7 Å². The van der Waals surface area contributed by atoms with Crippen molar-refractivity contribution in [1.29, 1.82) is 0 Å². The van der Waals surface area contributed by atoms with Gasteiger partial charge in [0.1, 0.15) is 0 Å². The molecule has 0 aliphatic carbocycles. The van der Waals surface area contributed by atoms with Crippen molar-refractivity contribution in [3.63, 3.8) is 0 Å². The standard InChI is InChI=1S/C20H22N2O2/c23-19(22-12-10-20(14-22)11-13-24-15-20)21-18-9-5-4-8-17(18)16-6-2-1-3-7-16/h1-9H,10-15H2,(H,21,23)/t20-/m0/s1. The van der Waals surface area contributed by atoms with Gasteiger partial charge < -0.3 is 15.0 Å². The Hall–Kier alpha value is -2.33. The second kappa shape index (κ2) is 6.29. The van der Waals surface area contributed by atoms with Gasteiger partial charge in [-0.3, -0.25) is 0 Å². The summed E-state index contributed by atoms with van der Waals surface area (Å²) in [4.78, 5) is 14.6. The van der Waals surface area contributed by atoms with Crippen molar-refractivity contribution >= 4 is 11.7 Å². The maximum Gasteiger partial charge on any atom is 0.321 e. The van der Waals surface area contributed by atoms with Gasteiger partial charge in [0.05, 0.1) is 12.3 Å². The number of nitrogens with one attached hydrogen (secondary N) is 1. The second-order valence-corrected chi connectivity index (χ2v) is 6.82. The third-order valence-electron chi connectivity index (χ3n) is 5.16. The summed E-state index contributed by atoms with van der Waals surface area (Å²) < 4.78 is 5.55. The monoisotopic (exact) mass is 322 g/mol. The van der Waals surface area contributed by atoms with Crippen LogP contribution in [0.15, 0.2) is 54.6 Å². The fourth-order valence-electron chi connectivity index (χ4n) is 3.74. The van der Waals surface area contributed by atoms with Crippen LogP contribution in [-0.2, 0) is 4.74 Å². The number of ether oxygens (including phenoxy) is 1. The number of anilines is 1.